The van der Waals surface area contributed by atoms with Crippen molar-refractivity contribution in [2.24, 2.45) is 0 Å². The molecule has 0 saturated carbocycles. The summed E-state index contributed by atoms with van der Waals surface area (Å²) in [7, 11) is 0. The smallest absolute Gasteiger partial charge is 0.435 e. The van der Waals surface area contributed by atoms with Crippen LogP contribution in [0.3, 0.4) is 0 Å². The lowest BCUT2D eigenvalue weighted by molar-refractivity contribution is -0.466. The van der Waals surface area contributed by atoms with Crippen molar-refractivity contribution in [1.82, 2.24) is 0 Å². The zero-order chi connectivity index (χ0) is 62.7. The minimum absolute atomic E-state index is 0.0397. The van der Waals surface area contributed by atoms with E-state index < -0.39 is 171 Å². The second kappa shape index (κ2) is 24.2. The highest BCUT2D eigenvalue weighted by Gasteiger charge is 2.89. The van der Waals surface area contributed by atoms with Gasteiger partial charge in [-0.05, 0) is 30.5 Å². The van der Waals surface area contributed by atoms with Gasteiger partial charge in [-0.15, -0.1) is 0 Å². The molecule has 0 unspecified atom stereocenters. The number of hydrogen-bond donors (Lipinski definition) is 0. The largest absolute Gasteiger partial charge is 0.485 e. The van der Waals surface area contributed by atoms with Crippen LogP contribution in [0.25, 0.3) is 0 Å². The molecule has 0 atom stereocenters. The minimum Gasteiger partial charge on any atom is -0.485 e. The Hall–Kier alpha value is -3.86. The Morgan fingerprint density at radius 2 is 0.468 bits per heavy atom. The van der Waals surface area contributed by atoms with E-state index >= 15 is 0 Å². The van der Waals surface area contributed by atoms with Gasteiger partial charge in [0, 0.05) is 6.07 Å². The Kier molecular flexibility index (Phi) is 22.4. The monoisotopic (exact) mass is 1260 g/mol. The van der Waals surface area contributed by atoms with Crippen LogP contribution in [0.2, 0.25) is 0 Å². The van der Waals surface area contributed by atoms with E-state index in [1.54, 1.807) is 6.92 Å². The molecule has 79 heavy (non-hydrogen) atoms. The first kappa shape index (κ1) is 73.2. The van der Waals surface area contributed by atoms with Crippen molar-refractivity contribution in [2.45, 2.75) is 167 Å². The Balaban J connectivity index is 4.56. The highest BCUT2D eigenvalue weighted by Crippen LogP contribution is 2.59. The van der Waals surface area contributed by atoms with Crippen LogP contribution in [0.15, 0.2) is 18.2 Å². The van der Waals surface area contributed by atoms with Crippen molar-refractivity contribution in [1.29, 1.82) is 0 Å². The summed E-state index contributed by atoms with van der Waals surface area (Å²) in [5.41, 5.74) is -31.7. The molecular weight excluding hydrogens is 1220 g/mol. The van der Waals surface area contributed by atoms with E-state index in [1.165, 1.54) is 0 Å². The molecule has 0 aliphatic rings. The van der Waals surface area contributed by atoms with Gasteiger partial charge >= 0.3 is 96.5 Å². The first-order chi connectivity index (χ1) is 34.7. The molecule has 0 aromatic heterocycles. The predicted octanol–water partition coefficient (Wildman–Crippen LogP) is 16.2. The van der Waals surface area contributed by atoms with Gasteiger partial charge in [0.15, 0.2) is 0 Å². The summed E-state index contributed by atoms with van der Waals surface area (Å²) in [6.45, 7) is -12.6. The standard InChI is InChI=1S/C37H32F36O6/c1-2-3-4-5-6-7-8-9-17-10-18(78-20(13-74-22(26(38,39)40,27(41,42)43)28(44,45)46)14-75-23(29(47,48)49,30(50,51)52)31(53,54)55)12-19(11-17)79-21(15-76-24(32(56,57)58,33(59,60)61)34(62,63)64)16-77-25(35(65,66)67,36(68,69)70)37(71,72)73/h10-12,20-21H,2-9,13-16H2,1H3. The van der Waals surface area contributed by atoms with E-state index in [0.717, 1.165) is 0 Å². The summed E-state index contributed by atoms with van der Waals surface area (Å²) in [5, 5.41) is 0. The number of ether oxygens (including phenoxy) is 6. The van der Waals surface area contributed by atoms with Gasteiger partial charge in [-0.25, -0.2) is 0 Å². The van der Waals surface area contributed by atoms with E-state index in [4.69, 9.17) is 0 Å². The fraction of sp³-hybridized carbons (Fsp3) is 0.838. The topological polar surface area (TPSA) is 55.4 Å². The number of benzene rings is 1. The molecule has 1 aromatic rings. The molecule has 0 radical (unpaired) electrons. The summed E-state index contributed by atoms with van der Waals surface area (Å²) in [6.07, 6.45) is -103. The third-order valence-corrected chi connectivity index (χ3v) is 10.3. The lowest BCUT2D eigenvalue weighted by Gasteiger charge is -2.40. The number of alkyl halides is 36. The molecule has 42 heteroatoms. The summed E-state index contributed by atoms with van der Waals surface area (Å²) >= 11 is 0. The fourth-order valence-electron chi connectivity index (χ4n) is 6.60. The Morgan fingerprint density at radius 1 is 0.278 bits per heavy atom. The minimum atomic E-state index is -7.93. The molecule has 1 rings (SSSR count). The summed E-state index contributed by atoms with van der Waals surface area (Å²) < 4.78 is 514. The summed E-state index contributed by atoms with van der Waals surface area (Å²) in [5.74, 6) is -4.01. The average molecular weight is 1260 g/mol. The molecule has 0 aliphatic heterocycles. The molecule has 468 valence electrons. The highest BCUT2D eigenvalue weighted by atomic mass is 19.5. The molecule has 0 fully saturated rings. The van der Waals surface area contributed by atoms with Crippen LogP contribution < -0.4 is 9.47 Å². The normalized spacial score (nSPS) is 15.4. The second-order valence-electron chi connectivity index (χ2n) is 16.1. The van der Waals surface area contributed by atoms with Crippen LogP contribution >= 0.6 is 0 Å². The molecule has 0 spiro atoms. The van der Waals surface area contributed by atoms with Gasteiger partial charge in [0.05, 0.1) is 26.4 Å². The lowest BCUT2D eigenvalue weighted by atomic mass is 10.0. The van der Waals surface area contributed by atoms with E-state index in [-0.39, 0.29) is 25.0 Å². The third-order valence-electron chi connectivity index (χ3n) is 10.3. The SMILES string of the molecule is CCCCCCCCCc1cc(OC(COC(C(F)(F)F)(C(F)(F)F)C(F)(F)F)COC(C(F)(F)F)(C(F)(F)F)C(F)(F)F)cc(OC(COC(C(F)(F)F)(C(F)(F)F)C(F)(F)F)COC(C(F)(F)F)(C(F)(F)F)C(F)(F)F)c1. The molecular formula is C37H32F36O6. The molecule has 0 saturated heterocycles. The van der Waals surface area contributed by atoms with Crippen LogP contribution in [-0.2, 0) is 25.4 Å². The molecule has 0 heterocycles. The van der Waals surface area contributed by atoms with Crippen LogP contribution in [0.1, 0.15) is 57.4 Å². The van der Waals surface area contributed by atoms with E-state index in [9.17, 15) is 158 Å². The van der Waals surface area contributed by atoms with Gasteiger partial charge in [0.25, 0.3) is 0 Å². The molecule has 0 bridgehead atoms. The number of halogens is 36. The van der Waals surface area contributed by atoms with Gasteiger partial charge < -0.3 is 28.4 Å². The molecule has 0 N–H and O–H groups in total. The summed E-state index contributed by atoms with van der Waals surface area (Å²) in [6, 6.07) is -0.464. The van der Waals surface area contributed by atoms with Gasteiger partial charge in [-0.1, -0.05) is 45.4 Å². The van der Waals surface area contributed by atoms with Crippen molar-refractivity contribution < 1.29 is 186 Å². The maximum absolute atomic E-state index is 13.7. The zero-order valence-electron chi connectivity index (χ0n) is 37.9. The van der Waals surface area contributed by atoms with Gasteiger partial charge in [0.2, 0.25) is 0 Å². The van der Waals surface area contributed by atoms with Gasteiger partial charge in [0.1, 0.15) is 23.7 Å². The Morgan fingerprint density at radius 3 is 0.658 bits per heavy atom. The van der Waals surface area contributed by atoms with Crippen LogP contribution in [0.4, 0.5) is 158 Å². The maximum Gasteiger partial charge on any atom is 0.435 e. The van der Waals surface area contributed by atoms with E-state index in [1.807, 2.05) is 0 Å². The number of aryl methyl sites for hydroxylation is 1. The Bertz CT molecular complexity index is 1660. The van der Waals surface area contributed by atoms with Crippen molar-refractivity contribution >= 4 is 0 Å². The number of hydrogen-bond acceptors (Lipinski definition) is 6. The zero-order valence-corrected chi connectivity index (χ0v) is 37.9. The van der Waals surface area contributed by atoms with Gasteiger partial charge in [-0.3, -0.25) is 0 Å². The number of rotatable bonds is 24. The van der Waals surface area contributed by atoms with Crippen molar-refractivity contribution in [3.8, 4) is 11.5 Å². The van der Waals surface area contributed by atoms with Crippen molar-refractivity contribution in [2.75, 3.05) is 26.4 Å². The molecule has 6 nitrogen and oxygen atoms in total. The highest BCUT2D eigenvalue weighted by molar-refractivity contribution is 5.39. The fourth-order valence-corrected chi connectivity index (χ4v) is 6.60. The van der Waals surface area contributed by atoms with Crippen molar-refractivity contribution in [3.63, 3.8) is 0 Å². The van der Waals surface area contributed by atoms with Crippen LogP contribution in [-0.4, -0.2) is 135 Å². The molecule has 0 amide bonds. The summed E-state index contributed by atoms with van der Waals surface area (Å²) in [4.78, 5) is 0. The molecule has 1 aromatic carbocycles. The first-order valence-corrected chi connectivity index (χ1v) is 20.6. The van der Waals surface area contributed by atoms with Crippen LogP contribution in [0.5, 0.6) is 11.5 Å². The molecule has 0 aliphatic carbocycles. The third kappa shape index (κ3) is 15.6. The van der Waals surface area contributed by atoms with Crippen molar-refractivity contribution in [3.05, 3.63) is 23.8 Å². The predicted molar refractivity (Wildman–Crippen MR) is 184 cm³/mol. The van der Waals surface area contributed by atoms with Crippen LogP contribution in [0, 0.1) is 0 Å². The number of unbranched alkanes of at least 4 members (excludes halogenated alkanes) is 6. The second-order valence-corrected chi connectivity index (χ2v) is 16.1. The lowest BCUT2D eigenvalue weighted by Crippen LogP contribution is -2.69. The quantitative estimate of drug-likeness (QED) is 0.0759. The maximum atomic E-state index is 13.7. The Labute approximate surface area is 415 Å². The average Bonchev–Trinajstić information content (AvgIpc) is 3.14. The van der Waals surface area contributed by atoms with E-state index in [2.05, 4.69) is 28.4 Å². The van der Waals surface area contributed by atoms with Gasteiger partial charge in [-0.2, -0.15) is 158 Å². The van der Waals surface area contributed by atoms with E-state index in [0.29, 0.717) is 25.7 Å². The first-order valence-electron chi connectivity index (χ1n) is 20.6.